The Labute approximate surface area is 249 Å². The molecule has 0 radical (unpaired) electrons. The molecule has 4 rings (SSSR count). The lowest BCUT2D eigenvalue weighted by Crippen LogP contribution is -2.74. The molecule has 0 heterocycles. The molecule has 0 spiro atoms. The van der Waals surface area contributed by atoms with Gasteiger partial charge in [-0.25, -0.2) is 0 Å². The van der Waals surface area contributed by atoms with Crippen LogP contribution in [0.25, 0.3) is 0 Å². The third-order valence-electron chi connectivity index (χ3n) is 9.70. The maximum Gasteiger partial charge on any atom is 0.161 e. The SMILES string of the molecule is CC1=CC(C)([Si](c2cccc([Si](C)(C)C)c2)(c2cccc([Si](C)(C)C)c2)c2cccc([Si](C)(C)C)c2)C(C)=C1C. The summed E-state index contributed by atoms with van der Waals surface area (Å²) in [5.74, 6) is 0. The summed E-state index contributed by atoms with van der Waals surface area (Å²) in [6.45, 7) is 32.1. The quantitative estimate of drug-likeness (QED) is 0.207. The molecule has 3 aromatic rings. The highest BCUT2D eigenvalue weighted by Gasteiger charge is 2.56. The fraction of sp³-hybridized carbons (Fsp3) is 0.389. The normalized spacial score (nSPS) is 18.8. The summed E-state index contributed by atoms with van der Waals surface area (Å²) in [6, 6.07) is 29.7. The predicted molar refractivity (Wildman–Crippen MR) is 193 cm³/mol. The monoisotopic (exact) mass is 596 g/mol. The first-order valence-corrected chi connectivity index (χ1v) is 27.5. The van der Waals surface area contributed by atoms with Crippen LogP contribution >= 0.6 is 0 Å². The van der Waals surface area contributed by atoms with Crippen molar-refractivity contribution < 1.29 is 0 Å². The minimum absolute atomic E-state index is 0.0741. The Morgan fingerprint density at radius 3 is 1.02 bits per heavy atom. The summed E-state index contributed by atoms with van der Waals surface area (Å²) in [4.78, 5) is 0. The molecule has 0 nitrogen and oxygen atoms in total. The lowest BCUT2D eigenvalue weighted by atomic mass is 10.0. The minimum atomic E-state index is -2.66. The van der Waals surface area contributed by atoms with Crippen molar-refractivity contribution in [2.45, 2.75) is 91.7 Å². The lowest BCUT2D eigenvalue weighted by Gasteiger charge is -2.48. The number of benzene rings is 3. The maximum atomic E-state index is 2.66. The Bertz CT molecular complexity index is 1350. The predicted octanol–water partition coefficient (Wildman–Crippen LogP) is 6.85. The van der Waals surface area contributed by atoms with Gasteiger partial charge in [-0.2, -0.15) is 0 Å². The smallest absolute Gasteiger partial charge is 0.0730 e. The molecule has 0 bridgehead atoms. The van der Waals surface area contributed by atoms with Gasteiger partial charge in [0.05, 0.1) is 24.2 Å². The van der Waals surface area contributed by atoms with E-state index in [1.807, 2.05) is 0 Å². The molecule has 1 atom stereocenters. The van der Waals surface area contributed by atoms with Crippen molar-refractivity contribution in [2.24, 2.45) is 0 Å². The molecule has 0 saturated heterocycles. The summed E-state index contributed by atoms with van der Waals surface area (Å²) in [7, 11) is -7.24. The van der Waals surface area contributed by atoms with Gasteiger partial charge < -0.3 is 0 Å². The zero-order chi connectivity index (χ0) is 29.9. The summed E-state index contributed by atoms with van der Waals surface area (Å²) < 4.78 is 0. The second-order valence-corrected chi connectivity index (χ2v) is 35.0. The highest BCUT2D eigenvalue weighted by molar-refractivity contribution is 7.14. The van der Waals surface area contributed by atoms with E-state index in [1.165, 1.54) is 11.1 Å². The Morgan fingerprint density at radius 2 is 0.775 bits per heavy atom. The molecule has 0 amide bonds. The number of hydrogen-bond donors (Lipinski definition) is 0. The second-order valence-electron chi connectivity index (χ2n) is 15.5. The van der Waals surface area contributed by atoms with Gasteiger partial charge in [0.2, 0.25) is 0 Å². The van der Waals surface area contributed by atoms with E-state index in [2.05, 4.69) is 165 Å². The number of allylic oxidation sites excluding steroid dienone is 4. The zero-order valence-corrected chi connectivity index (χ0v) is 31.5. The first-order valence-electron chi connectivity index (χ1n) is 15.0. The molecule has 0 aromatic heterocycles. The molecule has 40 heavy (non-hydrogen) atoms. The van der Waals surface area contributed by atoms with Crippen LogP contribution in [0.5, 0.6) is 0 Å². The molecule has 0 aliphatic heterocycles. The first-order chi connectivity index (χ1) is 18.3. The van der Waals surface area contributed by atoms with E-state index in [1.54, 1.807) is 36.7 Å². The highest BCUT2D eigenvalue weighted by atomic mass is 28.3. The van der Waals surface area contributed by atoms with Gasteiger partial charge in [-0.1, -0.05) is 171 Å². The molecule has 212 valence electrons. The second kappa shape index (κ2) is 10.4. The number of rotatable bonds is 7. The van der Waals surface area contributed by atoms with Crippen molar-refractivity contribution in [1.29, 1.82) is 0 Å². The molecular weight excluding hydrogens is 545 g/mol. The molecule has 0 N–H and O–H groups in total. The van der Waals surface area contributed by atoms with Crippen molar-refractivity contribution in [2.75, 3.05) is 0 Å². The van der Waals surface area contributed by atoms with Crippen LogP contribution in [0.1, 0.15) is 27.7 Å². The summed E-state index contributed by atoms with van der Waals surface area (Å²) >= 11 is 0. The van der Waals surface area contributed by atoms with Gasteiger partial charge in [-0.05, 0) is 41.9 Å². The fourth-order valence-corrected chi connectivity index (χ4v) is 16.9. The standard InChI is InChI=1S/C36H52Si4/c1-27-26-36(4,29(3)28(27)2)40(33-20-14-17-30(23-33)37(5,6)7,34-21-15-18-31(24-34)38(8,9)10)35-22-16-19-32(25-35)39(11,12)13/h14-26H,1-13H3. The third kappa shape index (κ3) is 5.21. The molecule has 1 unspecified atom stereocenters. The van der Waals surface area contributed by atoms with Crippen LogP contribution in [-0.2, 0) is 0 Å². The van der Waals surface area contributed by atoms with Gasteiger partial charge >= 0.3 is 0 Å². The fourth-order valence-electron chi connectivity index (χ4n) is 6.78. The van der Waals surface area contributed by atoms with Crippen molar-refractivity contribution in [3.05, 3.63) is 95.6 Å². The van der Waals surface area contributed by atoms with Gasteiger partial charge in [-0.15, -0.1) is 0 Å². The molecule has 4 heteroatoms. The summed E-state index contributed by atoms with van der Waals surface area (Å²) in [6.07, 6.45) is 2.66. The van der Waals surface area contributed by atoms with E-state index in [-0.39, 0.29) is 5.04 Å². The zero-order valence-electron chi connectivity index (χ0n) is 27.5. The van der Waals surface area contributed by atoms with Crippen molar-refractivity contribution in [3.63, 3.8) is 0 Å². The molecule has 0 saturated carbocycles. The average Bonchev–Trinajstić information content (AvgIpc) is 3.06. The van der Waals surface area contributed by atoms with Crippen LogP contribution in [0, 0.1) is 0 Å². The van der Waals surface area contributed by atoms with E-state index in [9.17, 15) is 0 Å². The van der Waals surface area contributed by atoms with Crippen LogP contribution in [-0.4, -0.2) is 32.3 Å². The van der Waals surface area contributed by atoms with Crippen LogP contribution < -0.4 is 31.1 Å². The van der Waals surface area contributed by atoms with Gasteiger partial charge in [-0.3, -0.25) is 0 Å². The summed E-state index contributed by atoms with van der Waals surface area (Å²) in [5, 5.41) is 9.30. The van der Waals surface area contributed by atoms with Crippen LogP contribution in [0.15, 0.2) is 95.6 Å². The third-order valence-corrected chi connectivity index (χ3v) is 21.4. The first kappa shape index (κ1) is 31.0. The minimum Gasteiger partial charge on any atom is -0.0730 e. The lowest BCUT2D eigenvalue weighted by molar-refractivity contribution is 0.870. The van der Waals surface area contributed by atoms with Crippen LogP contribution in [0.2, 0.25) is 64.0 Å². The number of hydrogen-bond acceptors (Lipinski definition) is 0. The van der Waals surface area contributed by atoms with Crippen LogP contribution in [0.4, 0.5) is 0 Å². The average molecular weight is 597 g/mol. The van der Waals surface area contributed by atoms with Crippen molar-refractivity contribution in [3.8, 4) is 0 Å². The van der Waals surface area contributed by atoms with Gasteiger partial charge in [0, 0.05) is 5.04 Å². The molecular formula is C36H52Si4. The topological polar surface area (TPSA) is 0 Å². The Morgan fingerprint density at radius 1 is 0.475 bits per heavy atom. The highest BCUT2D eigenvalue weighted by Crippen LogP contribution is 2.52. The molecule has 1 aliphatic rings. The molecule has 3 aromatic carbocycles. The van der Waals surface area contributed by atoms with E-state index in [0.717, 1.165) is 0 Å². The van der Waals surface area contributed by atoms with Crippen LogP contribution in [0.3, 0.4) is 0 Å². The Hall–Kier alpha value is -1.99. The van der Waals surface area contributed by atoms with E-state index >= 15 is 0 Å². The molecule has 0 fully saturated rings. The maximum absolute atomic E-state index is 2.66. The van der Waals surface area contributed by atoms with Gasteiger partial charge in [0.1, 0.15) is 0 Å². The Kier molecular flexibility index (Phi) is 8.03. The van der Waals surface area contributed by atoms with Crippen molar-refractivity contribution >= 4 is 63.4 Å². The Balaban J connectivity index is 2.28. The largest absolute Gasteiger partial charge is 0.161 e. The van der Waals surface area contributed by atoms with E-state index < -0.39 is 32.3 Å². The molecule has 1 aliphatic carbocycles. The van der Waals surface area contributed by atoms with Crippen molar-refractivity contribution in [1.82, 2.24) is 0 Å². The van der Waals surface area contributed by atoms with E-state index in [4.69, 9.17) is 0 Å². The van der Waals surface area contributed by atoms with E-state index in [0.29, 0.717) is 0 Å². The van der Waals surface area contributed by atoms with Gasteiger partial charge in [0.15, 0.2) is 8.07 Å². The van der Waals surface area contributed by atoms with Gasteiger partial charge in [0.25, 0.3) is 0 Å². The summed E-state index contributed by atoms with van der Waals surface area (Å²) in [5.41, 5.74) is 4.47.